The van der Waals surface area contributed by atoms with E-state index in [1.54, 1.807) is 36.4 Å². The molecule has 2 aromatic carbocycles. The minimum absolute atomic E-state index is 0.0777. The zero-order valence-corrected chi connectivity index (χ0v) is 14.4. The van der Waals surface area contributed by atoms with Crippen LogP contribution in [-0.4, -0.2) is 26.1 Å². The van der Waals surface area contributed by atoms with E-state index in [1.165, 1.54) is 21.9 Å². The molecule has 0 atom stereocenters. The highest BCUT2D eigenvalue weighted by Crippen LogP contribution is 2.24. The van der Waals surface area contributed by atoms with Gasteiger partial charge in [-0.25, -0.2) is 13.9 Å². The number of amides is 1. The van der Waals surface area contributed by atoms with Crippen LogP contribution in [0.4, 0.5) is 5.69 Å². The van der Waals surface area contributed by atoms with Gasteiger partial charge in [-0.05, 0) is 38.1 Å². The lowest BCUT2D eigenvalue weighted by molar-refractivity contribution is -0.128. The summed E-state index contributed by atoms with van der Waals surface area (Å²) in [6.45, 7) is 3.70. The van der Waals surface area contributed by atoms with E-state index in [0.717, 1.165) is 11.1 Å². The van der Waals surface area contributed by atoms with Crippen molar-refractivity contribution >= 4 is 21.6 Å². The van der Waals surface area contributed by atoms with E-state index in [9.17, 15) is 13.2 Å². The van der Waals surface area contributed by atoms with Gasteiger partial charge in [0.15, 0.2) is 0 Å². The van der Waals surface area contributed by atoms with Gasteiger partial charge in [0, 0.05) is 13.0 Å². The second kappa shape index (κ2) is 7.46. The lowest BCUT2D eigenvalue weighted by Gasteiger charge is -2.24. The number of hydrogen-bond acceptors (Lipinski definition) is 4. The van der Waals surface area contributed by atoms with Crippen molar-refractivity contribution in [2.75, 3.05) is 10.8 Å². The minimum Gasteiger partial charge on any atom is -0.289 e. The third-order valence-electron chi connectivity index (χ3n) is 3.60. The number of nitrogens with one attached hydrogen (secondary N) is 1. The number of rotatable bonds is 6. The number of hydrogen-bond donors (Lipinski definition) is 2. The Bertz CT molecular complexity index is 799. The summed E-state index contributed by atoms with van der Waals surface area (Å²) >= 11 is 0. The molecular weight excluding hydrogens is 328 g/mol. The number of carbonyl (C=O) groups is 1. The summed E-state index contributed by atoms with van der Waals surface area (Å²) in [6, 6.07) is 13.5. The van der Waals surface area contributed by atoms with E-state index in [2.05, 4.69) is 0 Å². The first-order valence-corrected chi connectivity index (χ1v) is 8.87. The number of sulfonamides is 1. The predicted octanol–water partition coefficient (Wildman–Crippen LogP) is 2.39. The molecule has 6 nitrogen and oxygen atoms in total. The molecule has 0 aliphatic rings. The lowest BCUT2D eigenvalue weighted by Crippen LogP contribution is -2.34. The second-order valence-electron chi connectivity index (χ2n) is 5.51. The smallest absolute Gasteiger partial charge is 0.264 e. The molecule has 0 saturated heterocycles. The Morgan fingerprint density at radius 1 is 1.00 bits per heavy atom. The first-order valence-electron chi connectivity index (χ1n) is 7.43. The Balaban J connectivity index is 2.41. The molecular formula is C17H20N2O4S. The van der Waals surface area contributed by atoms with Crippen LogP contribution in [0.5, 0.6) is 0 Å². The van der Waals surface area contributed by atoms with E-state index < -0.39 is 15.9 Å². The van der Waals surface area contributed by atoms with E-state index in [0.29, 0.717) is 5.69 Å². The fourth-order valence-electron chi connectivity index (χ4n) is 2.20. The SMILES string of the molecule is Cc1ccc(N(CCC(=O)NO)S(=O)(=O)c2ccc(C)cc2)cc1. The van der Waals surface area contributed by atoms with Gasteiger partial charge in [0.05, 0.1) is 10.6 Å². The fraction of sp³-hybridized carbons (Fsp3) is 0.235. The van der Waals surface area contributed by atoms with E-state index in [4.69, 9.17) is 5.21 Å². The van der Waals surface area contributed by atoms with Gasteiger partial charge >= 0.3 is 0 Å². The molecule has 2 aromatic rings. The van der Waals surface area contributed by atoms with Crippen LogP contribution in [0.15, 0.2) is 53.4 Å². The molecule has 0 saturated carbocycles. The van der Waals surface area contributed by atoms with E-state index in [-0.39, 0.29) is 17.9 Å². The summed E-state index contributed by atoms with van der Waals surface area (Å²) in [6.07, 6.45) is -0.157. The molecule has 0 unspecified atom stereocenters. The number of aryl methyl sites for hydroxylation is 2. The number of hydroxylamine groups is 1. The first-order chi connectivity index (χ1) is 11.3. The summed E-state index contributed by atoms with van der Waals surface area (Å²) < 4.78 is 27.1. The number of anilines is 1. The Hall–Kier alpha value is -2.38. The molecule has 0 fully saturated rings. The Morgan fingerprint density at radius 3 is 2.00 bits per heavy atom. The normalized spacial score (nSPS) is 11.1. The maximum atomic E-state index is 13.0. The van der Waals surface area contributed by atoms with Crippen molar-refractivity contribution in [3.05, 3.63) is 59.7 Å². The first kappa shape index (κ1) is 18.0. The van der Waals surface area contributed by atoms with Crippen LogP contribution in [0.1, 0.15) is 17.5 Å². The number of benzene rings is 2. The van der Waals surface area contributed by atoms with Gasteiger partial charge in [-0.15, -0.1) is 0 Å². The van der Waals surface area contributed by atoms with Crippen LogP contribution in [-0.2, 0) is 14.8 Å². The largest absolute Gasteiger partial charge is 0.289 e. The summed E-state index contributed by atoms with van der Waals surface area (Å²) in [5, 5.41) is 8.64. The van der Waals surface area contributed by atoms with Gasteiger partial charge in [-0.3, -0.25) is 14.3 Å². The molecule has 0 radical (unpaired) electrons. The number of carbonyl (C=O) groups excluding carboxylic acids is 1. The van der Waals surface area contributed by atoms with Gasteiger partial charge in [0.25, 0.3) is 10.0 Å². The standard InChI is InChI=1S/C17H20N2O4S/c1-13-3-7-15(8-4-13)19(12-11-17(20)18-21)24(22,23)16-9-5-14(2)6-10-16/h3-10,21H,11-12H2,1-2H3,(H,18,20). The van der Waals surface area contributed by atoms with Crippen molar-refractivity contribution in [1.29, 1.82) is 0 Å². The third-order valence-corrected chi connectivity index (χ3v) is 5.44. The zero-order chi connectivity index (χ0) is 17.7. The van der Waals surface area contributed by atoms with Crippen molar-refractivity contribution in [3.63, 3.8) is 0 Å². The topological polar surface area (TPSA) is 86.7 Å². The molecule has 2 rings (SSSR count). The molecule has 128 valence electrons. The van der Waals surface area contributed by atoms with Gasteiger partial charge < -0.3 is 0 Å². The summed E-state index contributed by atoms with van der Waals surface area (Å²) in [5.41, 5.74) is 3.94. The van der Waals surface area contributed by atoms with Crippen LogP contribution in [0.2, 0.25) is 0 Å². The lowest BCUT2D eigenvalue weighted by atomic mass is 10.2. The number of nitrogens with zero attached hydrogens (tertiary/aromatic N) is 1. The van der Waals surface area contributed by atoms with Crippen molar-refractivity contribution in [1.82, 2.24) is 5.48 Å². The summed E-state index contributed by atoms with van der Waals surface area (Å²) in [4.78, 5) is 11.5. The summed E-state index contributed by atoms with van der Waals surface area (Å²) in [5.74, 6) is -0.647. The molecule has 24 heavy (non-hydrogen) atoms. The molecule has 1 amide bonds. The molecule has 0 bridgehead atoms. The molecule has 7 heteroatoms. The maximum Gasteiger partial charge on any atom is 0.264 e. The fourth-order valence-corrected chi connectivity index (χ4v) is 3.66. The molecule has 0 aromatic heterocycles. The van der Waals surface area contributed by atoms with E-state index >= 15 is 0 Å². The van der Waals surface area contributed by atoms with Crippen molar-refractivity contribution in [2.24, 2.45) is 0 Å². The van der Waals surface area contributed by atoms with Gasteiger partial charge in [-0.2, -0.15) is 0 Å². The second-order valence-corrected chi connectivity index (χ2v) is 7.37. The summed E-state index contributed by atoms with van der Waals surface area (Å²) in [7, 11) is -3.82. The van der Waals surface area contributed by atoms with Crippen LogP contribution in [0.3, 0.4) is 0 Å². The zero-order valence-electron chi connectivity index (χ0n) is 13.6. The van der Waals surface area contributed by atoms with Gasteiger partial charge in [0.1, 0.15) is 0 Å². The van der Waals surface area contributed by atoms with Crippen molar-refractivity contribution < 1.29 is 18.4 Å². The van der Waals surface area contributed by atoms with Crippen molar-refractivity contribution in [3.8, 4) is 0 Å². The quantitative estimate of drug-likeness (QED) is 0.620. The van der Waals surface area contributed by atoms with Crippen LogP contribution < -0.4 is 9.79 Å². The van der Waals surface area contributed by atoms with Gasteiger partial charge in [0.2, 0.25) is 5.91 Å². The maximum absolute atomic E-state index is 13.0. The predicted molar refractivity (Wildman–Crippen MR) is 91.4 cm³/mol. The van der Waals surface area contributed by atoms with Crippen LogP contribution in [0, 0.1) is 13.8 Å². The highest BCUT2D eigenvalue weighted by Gasteiger charge is 2.25. The van der Waals surface area contributed by atoms with E-state index in [1.807, 2.05) is 13.8 Å². The minimum atomic E-state index is -3.82. The monoisotopic (exact) mass is 348 g/mol. The molecule has 0 spiro atoms. The molecule has 0 aliphatic carbocycles. The molecule has 2 N–H and O–H groups in total. The van der Waals surface area contributed by atoms with Crippen LogP contribution >= 0.6 is 0 Å². The average Bonchev–Trinajstić information content (AvgIpc) is 2.56. The highest BCUT2D eigenvalue weighted by atomic mass is 32.2. The Labute approximate surface area is 141 Å². The molecule has 0 heterocycles. The molecule has 0 aliphatic heterocycles. The third kappa shape index (κ3) is 4.12. The Morgan fingerprint density at radius 2 is 1.50 bits per heavy atom. The average molecular weight is 348 g/mol. The van der Waals surface area contributed by atoms with Crippen LogP contribution in [0.25, 0.3) is 0 Å². The Kier molecular flexibility index (Phi) is 5.58. The highest BCUT2D eigenvalue weighted by molar-refractivity contribution is 7.92. The van der Waals surface area contributed by atoms with Gasteiger partial charge in [-0.1, -0.05) is 35.4 Å². The van der Waals surface area contributed by atoms with Crippen molar-refractivity contribution in [2.45, 2.75) is 25.2 Å².